The first-order valence-corrected chi connectivity index (χ1v) is 7.84. The van der Waals surface area contributed by atoms with Crippen molar-refractivity contribution in [3.63, 3.8) is 0 Å². The van der Waals surface area contributed by atoms with Crippen LogP contribution >= 0.6 is 0 Å². The summed E-state index contributed by atoms with van der Waals surface area (Å²) in [5, 5.41) is 21.0. The lowest BCUT2D eigenvalue weighted by Gasteiger charge is -1.99. The molecule has 4 rings (SSSR count). The summed E-state index contributed by atoms with van der Waals surface area (Å²) in [6.07, 6.45) is 1.70. The van der Waals surface area contributed by atoms with Crippen molar-refractivity contribution in [1.29, 1.82) is 0 Å². The number of nitro groups is 1. The molecule has 0 aliphatic carbocycles. The van der Waals surface area contributed by atoms with E-state index in [4.69, 9.17) is 4.42 Å². The monoisotopic (exact) mass is 347 g/mol. The van der Waals surface area contributed by atoms with E-state index in [-0.39, 0.29) is 23.2 Å². The summed E-state index contributed by atoms with van der Waals surface area (Å²) in [5.41, 5.74) is 4.04. The number of aliphatic imine (C=N–C) groups is 1. The number of non-ortho nitro benzene ring substituents is 1. The zero-order valence-corrected chi connectivity index (χ0v) is 13.7. The number of hydrogen-bond acceptors (Lipinski definition) is 6. The number of fused-ring (bicyclic) bond motifs is 1. The molecule has 7 nitrogen and oxygen atoms in total. The molecule has 7 heteroatoms. The molecule has 0 atom stereocenters. The molecule has 0 spiro atoms. The molecular weight excluding hydrogens is 334 g/mol. The van der Waals surface area contributed by atoms with Gasteiger partial charge in [0.05, 0.1) is 10.6 Å². The predicted octanol–water partition coefficient (Wildman–Crippen LogP) is 4.60. The maximum absolute atomic E-state index is 10.9. The van der Waals surface area contributed by atoms with Crippen LogP contribution in [0.2, 0.25) is 0 Å². The van der Waals surface area contributed by atoms with Crippen LogP contribution in [0.1, 0.15) is 18.2 Å². The number of oxazole rings is 1. The number of rotatable bonds is 3. The van der Waals surface area contributed by atoms with Crippen LogP contribution in [0.25, 0.3) is 23.1 Å². The summed E-state index contributed by atoms with van der Waals surface area (Å²) in [6, 6.07) is 13.6. The molecule has 0 unspecified atom stereocenters. The van der Waals surface area contributed by atoms with Gasteiger partial charge in [0, 0.05) is 34.5 Å². The van der Waals surface area contributed by atoms with E-state index in [9.17, 15) is 15.2 Å². The minimum absolute atomic E-state index is 0.0761. The average molecular weight is 347 g/mol. The van der Waals surface area contributed by atoms with Gasteiger partial charge in [-0.25, -0.2) is 4.98 Å². The van der Waals surface area contributed by atoms with E-state index in [1.54, 1.807) is 12.1 Å². The lowest BCUT2D eigenvalue weighted by atomic mass is 10.0. The molecule has 1 aliphatic rings. The summed E-state index contributed by atoms with van der Waals surface area (Å²) in [7, 11) is 0. The van der Waals surface area contributed by atoms with Crippen molar-refractivity contribution in [2.24, 2.45) is 4.99 Å². The summed E-state index contributed by atoms with van der Waals surface area (Å²) >= 11 is 0. The van der Waals surface area contributed by atoms with Crippen molar-refractivity contribution in [2.45, 2.75) is 6.92 Å². The normalized spacial score (nSPS) is 14.3. The molecule has 0 bridgehead atoms. The van der Waals surface area contributed by atoms with Gasteiger partial charge in [-0.15, -0.1) is 0 Å². The molecule has 128 valence electrons. The standard InChI is InChI=1S/C19H13N3O4/c1-11-15(14-7-2-3-8-16(14)20-11)10-17-19(23)26-18(21-17)12-5-4-6-13(9-12)22(24)25/h2-10,23H,1H3/b15-10-. The van der Waals surface area contributed by atoms with Gasteiger partial charge in [-0.05, 0) is 25.1 Å². The fourth-order valence-corrected chi connectivity index (χ4v) is 2.85. The van der Waals surface area contributed by atoms with Crippen LogP contribution in [0.4, 0.5) is 11.4 Å². The van der Waals surface area contributed by atoms with E-state index in [2.05, 4.69) is 9.98 Å². The minimum Gasteiger partial charge on any atom is -0.479 e. The number of allylic oxidation sites excluding steroid dienone is 1. The smallest absolute Gasteiger partial charge is 0.310 e. The molecule has 0 saturated carbocycles. The van der Waals surface area contributed by atoms with Crippen molar-refractivity contribution >= 4 is 28.7 Å². The number of aromatic nitrogens is 1. The lowest BCUT2D eigenvalue weighted by Crippen LogP contribution is -1.90. The molecule has 26 heavy (non-hydrogen) atoms. The summed E-state index contributed by atoms with van der Waals surface area (Å²) in [5.74, 6) is -0.241. The molecule has 1 aromatic heterocycles. The molecule has 0 radical (unpaired) electrons. The molecule has 3 aromatic rings. The first-order valence-electron chi connectivity index (χ1n) is 7.84. The second-order valence-electron chi connectivity index (χ2n) is 5.79. The van der Waals surface area contributed by atoms with Crippen molar-refractivity contribution in [3.05, 3.63) is 69.9 Å². The van der Waals surface area contributed by atoms with Crippen molar-refractivity contribution < 1.29 is 14.4 Å². The molecule has 2 heterocycles. The van der Waals surface area contributed by atoms with E-state index >= 15 is 0 Å². The lowest BCUT2D eigenvalue weighted by molar-refractivity contribution is -0.384. The molecule has 0 fully saturated rings. The van der Waals surface area contributed by atoms with E-state index in [1.165, 1.54) is 18.2 Å². The van der Waals surface area contributed by atoms with Crippen molar-refractivity contribution in [3.8, 4) is 17.4 Å². The minimum atomic E-state index is -0.496. The number of nitrogens with zero attached hydrogens (tertiary/aromatic N) is 3. The summed E-state index contributed by atoms with van der Waals surface area (Å²) in [6.45, 7) is 1.88. The fourth-order valence-electron chi connectivity index (χ4n) is 2.85. The van der Waals surface area contributed by atoms with Crippen LogP contribution in [-0.4, -0.2) is 20.7 Å². The Labute approximate surface area is 148 Å². The topological polar surface area (TPSA) is 102 Å². The Balaban J connectivity index is 1.76. The Morgan fingerprint density at radius 2 is 2.00 bits per heavy atom. The van der Waals surface area contributed by atoms with Gasteiger partial charge in [-0.2, -0.15) is 0 Å². The van der Waals surface area contributed by atoms with Gasteiger partial charge < -0.3 is 9.52 Å². The molecule has 1 aliphatic heterocycles. The Kier molecular flexibility index (Phi) is 3.62. The van der Waals surface area contributed by atoms with Crippen LogP contribution < -0.4 is 0 Å². The fraction of sp³-hybridized carbons (Fsp3) is 0.0526. The van der Waals surface area contributed by atoms with Crippen LogP contribution in [0, 0.1) is 10.1 Å². The quantitative estimate of drug-likeness (QED) is 0.551. The van der Waals surface area contributed by atoms with Gasteiger partial charge in [-0.3, -0.25) is 15.1 Å². The first-order chi connectivity index (χ1) is 12.5. The van der Waals surface area contributed by atoms with E-state index in [1.807, 2.05) is 31.2 Å². The van der Waals surface area contributed by atoms with E-state index in [0.717, 1.165) is 22.5 Å². The largest absolute Gasteiger partial charge is 0.479 e. The number of benzene rings is 2. The van der Waals surface area contributed by atoms with Crippen molar-refractivity contribution in [1.82, 2.24) is 4.98 Å². The molecule has 0 amide bonds. The molecule has 0 saturated heterocycles. The Morgan fingerprint density at radius 3 is 2.81 bits per heavy atom. The molecule has 2 aromatic carbocycles. The highest BCUT2D eigenvalue weighted by molar-refractivity contribution is 6.31. The predicted molar refractivity (Wildman–Crippen MR) is 97.3 cm³/mol. The molecule has 1 N–H and O–H groups in total. The number of hydrogen-bond donors (Lipinski definition) is 1. The maximum Gasteiger partial charge on any atom is 0.310 e. The average Bonchev–Trinajstić information content (AvgIpc) is 3.16. The van der Waals surface area contributed by atoms with Gasteiger partial charge in [0.25, 0.3) is 5.69 Å². The van der Waals surface area contributed by atoms with E-state index in [0.29, 0.717) is 5.56 Å². The zero-order chi connectivity index (χ0) is 18.3. The Morgan fingerprint density at radius 1 is 1.19 bits per heavy atom. The third kappa shape index (κ3) is 2.65. The van der Waals surface area contributed by atoms with E-state index < -0.39 is 4.92 Å². The van der Waals surface area contributed by atoms with Gasteiger partial charge in [0.2, 0.25) is 5.89 Å². The number of nitro benzene ring substituents is 1. The summed E-state index contributed by atoms with van der Waals surface area (Å²) in [4.78, 5) is 19.2. The van der Waals surface area contributed by atoms with Gasteiger partial charge in [0.15, 0.2) is 0 Å². The zero-order valence-electron chi connectivity index (χ0n) is 13.7. The molecular formula is C19H13N3O4. The van der Waals surface area contributed by atoms with Crippen molar-refractivity contribution in [2.75, 3.05) is 0 Å². The Bertz CT molecular complexity index is 1100. The van der Waals surface area contributed by atoms with Gasteiger partial charge >= 0.3 is 5.95 Å². The van der Waals surface area contributed by atoms with Gasteiger partial charge in [-0.1, -0.05) is 24.3 Å². The first kappa shape index (κ1) is 15.8. The van der Waals surface area contributed by atoms with Crippen LogP contribution in [-0.2, 0) is 0 Å². The van der Waals surface area contributed by atoms with Crippen LogP contribution in [0.5, 0.6) is 5.95 Å². The second-order valence-corrected chi connectivity index (χ2v) is 5.79. The highest BCUT2D eigenvalue weighted by Gasteiger charge is 2.20. The SMILES string of the molecule is CC1=Nc2ccccc2/C1=C\c1nc(-c2cccc([N+](=O)[O-])c2)oc1O. The number of aromatic hydroxyl groups is 1. The Hall–Kier alpha value is -3.74. The van der Waals surface area contributed by atoms with Crippen LogP contribution in [0.3, 0.4) is 0 Å². The van der Waals surface area contributed by atoms with Gasteiger partial charge in [0.1, 0.15) is 5.69 Å². The third-order valence-corrected chi connectivity index (χ3v) is 4.09. The summed E-state index contributed by atoms with van der Waals surface area (Å²) < 4.78 is 5.31. The highest BCUT2D eigenvalue weighted by atomic mass is 16.6. The van der Waals surface area contributed by atoms with Crippen LogP contribution in [0.15, 0.2) is 57.9 Å². The third-order valence-electron chi connectivity index (χ3n) is 4.09. The number of para-hydroxylation sites is 1. The highest BCUT2D eigenvalue weighted by Crippen LogP contribution is 2.37. The maximum atomic E-state index is 10.9. The second kappa shape index (κ2) is 5.96.